The maximum atomic E-state index is 14.1. The maximum absolute atomic E-state index is 14.1. The van der Waals surface area contributed by atoms with E-state index in [-0.39, 0.29) is 36.9 Å². The number of nitrogens with zero attached hydrogens (tertiary/aromatic N) is 4. The van der Waals surface area contributed by atoms with Crippen LogP contribution in [0.3, 0.4) is 0 Å². The highest BCUT2D eigenvalue weighted by molar-refractivity contribution is 7.88. The van der Waals surface area contributed by atoms with Crippen LogP contribution in [0.1, 0.15) is 49.9 Å². The third-order valence-electron chi connectivity index (χ3n) is 8.48. The molecule has 4 rings (SSSR count). The molecule has 1 aliphatic heterocycles. The van der Waals surface area contributed by atoms with Crippen LogP contribution in [0.4, 0.5) is 42.2 Å². The standard InChI is InChI=1S/C32H35F7N4O3S/c1-18-10-24(33)8-9-25(18)26-14-28(43-19(2)16-42(17-20(43)3)47(7,45)46)40-15-27(26)41(6)29(44)30(4,5)21-11-22(31(34,35)36)13-23(12-21)32(37,38)39/h8-15,19-20H,16-17H2,1-7H3/t19-,20+. The number of alkyl halides is 6. The highest BCUT2D eigenvalue weighted by Crippen LogP contribution is 2.41. The van der Waals surface area contributed by atoms with E-state index in [9.17, 15) is 43.9 Å². The van der Waals surface area contributed by atoms with Crippen molar-refractivity contribution in [2.75, 3.05) is 36.2 Å². The molecule has 0 saturated carbocycles. The Morgan fingerprint density at radius 1 is 0.872 bits per heavy atom. The van der Waals surface area contributed by atoms with Gasteiger partial charge in [-0.05, 0) is 87.7 Å². The van der Waals surface area contributed by atoms with Gasteiger partial charge in [0.15, 0.2) is 0 Å². The van der Waals surface area contributed by atoms with E-state index in [0.29, 0.717) is 34.6 Å². The van der Waals surface area contributed by atoms with Crippen molar-refractivity contribution in [1.29, 1.82) is 0 Å². The van der Waals surface area contributed by atoms with E-state index < -0.39 is 56.2 Å². The number of carbonyl (C=O) groups excluding carboxylic acids is 1. The number of anilines is 2. The van der Waals surface area contributed by atoms with Crippen LogP contribution in [0.15, 0.2) is 48.7 Å². The van der Waals surface area contributed by atoms with Crippen molar-refractivity contribution in [3.63, 3.8) is 0 Å². The summed E-state index contributed by atoms with van der Waals surface area (Å²) in [6.07, 6.45) is -7.72. The Bertz CT molecular complexity index is 1750. The van der Waals surface area contributed by atoms with Gasteiger partial charge in [0.25, 0.3) is 0 Å². The number of aromatic nitrogens is 1. The number of rotatable bonds is 6. The number of hydrogen-bond acceptors (Lipinski definition) is 5. The largest absolute Gasteiger partial charge is 0.416 e. The normalized spacial score (nSPS) is 18.4. The lowest BCUT2D eigenvalue weighted by atomic mass is 9.81. The summed E-state index contributed by atoms with van der Waals surface area (Å²) in [5, 5.41) is 0. The molecule has 7 nitrogen and oxygen atoms in total. The average Bonchev–Trinajstić information content (AvgIpc) is 2.94. The first-order valence-corrected chi connectivity index (χ1v) is 16.4. The molecule has 2 heterocycles. The number of sulfonamides is 1. The van der Waals surface area contributed by atoms with E-state index in [1.54, 1.807) is 13.0 Å². The Balaban J connectivity index is 1.84. The summed E-state index contributed by atoms with van der Waals surface area (Å²) < 4.78 is 122. The summed E-state index contributed by atoms with van der Waals surface area (Å²) in [6.45, 7) is 8.13. The van der Waals surface area contributed by atoms with Crippen molar-refractivity contribution in [2.45, 2.75) is 64.5 Å². The van der Waals surface area contributed by atoms with E-state index in [2.05, 4.69) is 4.98 Å². The second-order valence-corrected chi connectivity index (χ2v) is 14.5. The molecule has 1 amide bonds. The van der Waals surface area contributed by atoms with Crippen molar-refractivity contribution in [3.8, 4) is 11.1 Å². The molecule has 1 aromatic heterocycles. The van der Waals surface area contributed by atoms with E-state index in [4.69, 9.17) is 0 Å². The Hall–Kier alpha value is -3.72. The van der Waals surface area contributed by atoms with Gasteiger partial charge in [-0.2, -0.15) is 30.6 Å². The Morgan fingerprint density at radius 3 is 1.85 bits per heavy atom. The number of halogens is 7. The lowest BCUT2D eigenvalue weighted by Gasteiger charge is -2.44. The second-order valence-electron chi connectivity index (χ2n) is 12.5. The number of amides is 1. The van der Waals surface area contributed by atoms with Crippen LogP contribution in [0, 0.1) is 12.7 Å². The molecule has 1 saturated heterocycles. The highest BCUT2D eigenvalue weighted by atomic mass is 32.2. The van der Waals surface area contributed by atoms with Crippen LogP contribution in [-0.2, 0) is 32.6 Å². The predicted octanol–water partition coefficient (Wildman–Crippen LogP) is 7.03. The third-order valence-corrected chi connectivity index (χ3v) is 9.71. The molecule has 256 valence electrons. The number of carbonyl (C=O) groups is 1. The maximum Gasteiger partial charge on any atom is 0.416 e. The van der Waals surface area contributed by atoms with Crippen molar-refractivity contribution in [2.24, 2.45) is 0 Å². The third kappa shape index (κ3) is 7.40. The molecule has 0 N–H and O–H groups in total. The van der Waals surface area contributed by atoms with Crippen LogP contribution in [0.5, 0.6) is 0 Å². The Labute approximate surface area is 269 Å². The van der Waals surface area contributed by atoms with Crippen molar-refractivity contribution in [1.82, 2.24) is 9.29 Å². The minimum Gasteiger partial charge on any atom is -0.349 e. The summed E-state index contributed by atoms with van der Waals surface area (Å²) in [5.74, 6) is -0.922. The molecular formula is C32H35F7N4O3S. The van der Waals surface area contributed by atoms with Gasteiger partial charge < -0.3 is 9.80 Å². The summed E-state index contributed by atoms with van der Waals surface area (Å²) in [6, 6.07) is 6.07. The van der Waals surface area contributed by atoms with E-state index in [0.717, 1.165) is 11.2 Å². The van der Waals surface area contributed by atoms with E-state index in [1.807, 2.05) is 18.7 Å². The number of aryl methyl sites for hydroxylation is 1. The van der Waals surface area contributed by atoms with E-state index in [1.165, 1.54) is 49.6 Å². The van der Waals surface area contributed by atoms with Gasteiger partial charge in [-0.15, -0.1) is 0 Å². The summed E-state index contributed by atoms with van der Waals surface area (Å²) in [5.41, 5.74) is -3.92. The van der Waals surface area contributed by atoms with Crippen molar-refractivity contribution >= 4 is 27.4 Å². The number of pyridine rings is 1. The molecule has 0 unspecified atom stereocenters. The topological polar surface area (TPSA) is 73.8 Å². The molecular weight excluding hydrogens is 653 g/mol. The van der Waals surface area contributed by atoms with Gasteiger partial charge in [0.05, 0.1) is 34.7 Å². The number of benzene rings is 2. The van der Waals surface area contributed by atoms with Crippen molar-refractivity contribution in [3.05, 3.63) is 76.7 Å². The Kier molecular flexibility index (Phi) is 9.52. The zero-order valence-corrected chi connectivity index (χ0v) is 27.6. The molecule has 0 aliphatic carbocycles. The summed E-state index contributed by atoms with van der Waals surface area (Å²) in [7, 11) is -2.13. The molecule has 0 spiro atoms. The van der Waals surface area contributed by atoms with Gasteiger partial charge in [-0.25, -0.2) is 17.8 Å². The minimum absolute atomic E-state index is 0.00353. The molecule has 47 heavy (non-hydrogen) atoms. The van der Waals surface area contributed by atoms with Crippen molar-refractivity contribution < 1.29 is 43.9 Å². The molecule has 15 heteroatoms. The Morgan fingerprint density at radius 2 is 1.38 bits per heavy atom. The number of piperazine rings is 1. The first-order valence-electron chi connectivity index (χ1n) is 14.5. The van der Waals surface area contributed by atoms with Gasteiger partial charge >= 0.3 is 12.4 Å². The molecule has 2 atom stereocenters. The van der Waals surface area contributed by atoms with Gasteiger partial charge in [-0.1, -0.05) is 6.07 Å². The van der Waals surface area contributed by atoms with Gasteiger partial charge in [0.2, 0.25) is 15.9 Å². The SMILES string of the molecule is Cc1cc(F)ccc1-c1cc(N2[C@H](C)CN(S(C)(=O)=O)C[C@@H]2C)ncc1N(C)C(=O)C(C)(C)c1cc(C(F)(F)F)cc(C(F)(F)F)c1. The smallest absolute Gasteiger partial charge is 0.349 e. The zero-order chi connectivity index (χ0) is 35.4. The monoisotopic (exact) mass is 688 g/mol. The first kappa shape index (κ1) is 36.1. The predicted molar refractivity (Wildman–Crippen MR) is 165 cm³/mol. The molecule has 2 aromatic carbocycles. The first-order chi connectivity index (χ1) is 21.4. The molecule has 1 aliphatic rings. The number of hydrogen-bond donors (Lipinski definition) is 0. The molecule has 0 radical (unpaired) electrons. The van der Waals surface area contributed by atoms with Crippen LogP contribution < -0.4 is 9.80 Å². The fourth-order valence-electron chi connectivity index (χ4n) is 5.96. The van der Waals surface area contributed by atoms with E-state index >= 15 is 0 Å². The fourth-order valence-corrected chi connectivity index (χ4v) is 6.93. The van der Waals surface area contributed by atoms with Crippen LogP contribution in [0.2, 0.25) is 0 Å². The minimum atomic E-state index is -5.10. The van der Waals surface area contributed by atoms with Gasteiger partial charge in [0, 0.05) is 37.8 Å². The zero-order valence-electron chi connectivity index (χ0n) is 26.8. The molecule has 0 bridgehead atoms. The summed E-state index contributed by atoms with van der Waals surface area (Å²) >= 11 is 0. The lowest BCUT2D eigenvalue weighted by molar-refractivity contribution is -0.143. The second kappa shape index (κ2) is 12.4. The van der Waals surface area contributed by atoms with Crippen LogP contribution in [-0.4, -0.2) is 62.1 Å². The summed E-state index contributed by atoms with van der Waals surface area (Å²) in [4.78, 5) is 21.6. The highest BCUT2D eigenvalue weighted by Gasteiger charge is 2.42. The average molecular weight is 689 g/mol. The number of likely N-dealkylation sites (N-methyl/N-ethyl adjacent to an activating group) is 1. The van der Waals surface area contributed by atoms with Crippen LogP contribution >= 0.6 is 0 Å². The molecule has 3 aromatic rings. The lowest BCUT2D eigenvalue weighted by Crippen LogP contribution is -2.58. The van der Waals surface area contributed by atoms with Crippen LogP contribution in [0.25, 0.3) is 11.1 Å². The molecule has 1 fully saturated rings. The van der Waals surface area contributed by atoms with Gasteiger partial charge in [0.1, 0.15) is 11.6 Å². The quantitative estimate of drug-likeness (QED) is 0.260. The fraction of sp³-hybridized carbons (Fsp3) is 0.438. The van der Waals surface area contributed by atoms with Gasteiger partial charge in [-0.3, -0.25) is 4.79 Å².